The second-order valence-corrected chi connectivity index (χ2v) is 7.07. The third-order valence-electron chi connectivity index (χ3n) is 5.46. The minimum atomic E-state index is -0.144. The van der Waals surface area contributed by atoms with Crippen molar-refractivity contribution in [2.75, 3.05) is 4.90 Å². The molecular formula is C21H25N3O. The summed E-state index contributed by atoms with van der Waals surface area (Å²) in [6.45, 7) is 0.596. The molecule has 0 radical (unpaired) electrons. The van der Waals surface area contributed by atoms with Gasteiger partial charge in [0.2, 0.25) is 5.91 Å². The van der Waals surface area contributed by atoms with E-state index in [0.717, 1.165) is 24.1 Å². The average molecular weight is 335 g/mol. The number of benzene rings is 2. The van der Waals surface area contributed by atoms with Crippen LogP contribution in [-0.4, -0.2) is 18.0 Å². The van der Waals surface area contributed by atoms with Gasteiger partial charge in [-0.05, 0) is 30.5 Å². The van der Waals surface area contributed by atoms with E-state index in [-0.39, 0.29) is 11.9 Å². The van der Waals surface area contributed by atoms with Gasteiger partial charge in [0, 0.05) is 17.6 Å². The molecule has 130 valence electrons. The lowest BCUT2D eigenvalue weighted by atomic mass is 9.81. The van der Waals surface area contributed by atoms with Crippen LogP contribution in [0.5, 0.6) is 0 Å². The molecule has 3 atom stereocenters. The van der Waals surface area contributed by atoms with Crippen LogP contribution in [0.1, 0.15) is 31.2 Å². The van der Waals surface area contributed by atoms with Gasteiger partial charge in [-0.3, -0.25) is 10.2 Å². The Morgan fingerprint density at radius 2 is 1.60 bits per heavy atom. The van der Waals surface area contributed by atoms with Crippen LogP contribution in [0.3, 0.4) is 0 Å². The molecule has 2 fully saturated rings. The lowest BCUT2D eigenvalue weighted by Crippen LogP contribution is -2.48. The molecule has 1 saturated heterocycles. The van der Waals surface area contributed by atoms with Crippen LogP contribution >= 0.6 is 0 Å². The Morgan fingerprint density at radius 3 is 2.36 bits per heavy atom. The predicted molar refractivity (Wildman–Crippen MR) is 99.9 cm³/mol. The zero-order valence-electron chi connectivity index (χ0n) is 14.4. The number of hydrogen-bond donors (Lipinski definition) is 2. The van der Waals surface area contributed by atoms with Crippen molar-refractivity contribution in [3.8, 4) is 0 Å². The molecule has 2 aromatic rings. The van der Waals surface area contributed by atoms with Gasteiger partial charge in [0.25, 0.3) is 0 Å². The van der Waals surface area contributed by atoms with Crippen molar-refractivity contribution in [3.05, 3.63) is 66.2 Å². The van der Waals surface area contributed by atoms with E-state index in [4.69, 9.17) is 0 Å². The van der Waals surface area contributed by atoms with Crippen LogP contribution < -0.4 is 15.8 Å². The van der Waals surface area contributed by atoms with Gasteiger partial charge in [0.1, 0.15) is 6.04 Å². The Hall–Kier alpha value is -2.17. The summed E-state index contributed by atoms with van der Waals surface area (Å²) in [5, 5.41) is 0. The number of para-hydroxylation sites is 1. The summed E-state index contributed by atoms with van der Waals surface area (Å²) >= 11 is 0. The van der Waals surface area contributed by atoms with E-state index in [1.807, 2.05) is 53.4 Å². The molecule has 2 aliphatic rings. The molecule has 1 saturated carbocycles. The lowest BCUT2D eigenvalue weighted by molar-refractivity contribution is -0.121. The summed E-state index contributed by atoms with van der Waals surface area (Å²) in [5.74, 6) is 0.556. The van der Waals surface area contributed by atoms with Crippen molar-refractivity contribution in [2.24, 2.45) is 5.92 Å². The molecule has 1 amide bonds. The topological polar surface area (TPSA) is 44.4 Å². The van der Waals surface area contributed by atoms with Gasteiger partial charge in [-0.15, -0.1) is 0 Å². The predicted octanol–water partition coefficient (Wildman–Crippen LogP) is 3.26. The van der Waals surface area contributed by atoms with Gasteiger partial charge in [0.05, 0.1) is 6.54 Å². The lowest BCUT2D eigenvalue weighted by Gasteiger charge is -2.31. The maximum Gasteiger partial charge on any atom is 0.246 e. The fourth-order valence-corrected chi connectivity index (χ4v) is 4.12. The Labute approximate surface area is 149 Å². The molecule has 0 bridgehead atoms. The largest absolute Gasteiger partial charge is 0.307 e. The van der Waals surface area contributed by atoms with Gasteiger partial charge >= 0.3 is 0 Å². The van der Waals surface area contributed by atoms with Crippen LogP contribution in [0.15, 0.2) is 60.7 Å². The molecule has 4 nitrogen and oxygen atoms in total. The molecule has 4 heteroatoms. The minimum Gasteiger partial charge on any atom is -0.307 e. The van der Waals surface area contributed by atoms with Crippen LogP contribution in [0.2, 0.25) is 0 Å². The fourth-order valence-electron chi connectivity index (χ4n) is 4.12. The van der Waals surface area contributed by atoms with Crippen molar-refractivity contribution >= 4 is 11.6 Å². The Morgan fingerprint density at radius 1 is 0.920 bits per heavy atom. The third-order valence-corrected chi connectivity index (χ3v) is 5.46. The second-order valence-electron chi connectivity index (χ2n) is 7.07. The number of hydrazine groups is 1. The van der Waals surface area contributed by atoms with E-state index in [0.29, 0.717) is 18.5 Å². The number of rotatable bonds is 4. The number of hydrogen-bond acceptors (Lipinski definition) is 3. The molecule has 3 unspecified atom stereocenters. The van der Waals surface area contributed by atoms with Crippen LogP contribution in [0, 0.1) is 5.92 Å². The van der Waals surface area contributed by atoms with E-state index in [1.54, 1.807) is 0 Å². The summed E-state index contributed by atoms with van der Waals surface area (Å²) < 4.78 is 0. The van der Waals surface area contributed by atoms with Crippen molar-refractivity contribution in [3.63, 3.8) is 0 Å². The maximum atomic E-state index is 13.4. The molecule has 2 aromatic carbocycles. The maximum absolute atomic E-state index is 13.4. The number of amides is 1. The SMILES string of the molecule is O=C(C1NNC2CCCCC21)N(Cc1ccccc1)c1ccccc1. The summed E-state index contributed by atoms with van der Waals surface area (Å²) in [4.78, 5) is 15.4. The summed E-state index contributed by atoms with van der Waals surface area (Å²) in [5.41, 5.74) is 8.76. The van der Waals surface area contributed by atoms with E-state index in [9.17, 15) is 4.79 Å². The first-order chi connectivity index (χ1) is 12.3. The standard InChI is InChI=1S/C21H25N3O/c25-21(20-18-13-7-8-14-19(18)22-23-20)24(17-11-5-2-6-12-17)15-16-9-3-1-4-10-16/h1-6,9-12,18-20,22-23H,7-8,13-15H2. The van der Waals surface area contributed by atoms with Gasteiger partial charge in [-0.2, -0.15) is 0 Å². The van der Waals surface area contributed by atoms with Crippen LogP contribution in [0.4, 0.5) is 5.69 Å². The monoisotopic (exact) mass is 335 g/mol. The molecule has 25 heavy (non-hydrogen) atoms. The highest BCUT2D eigenvalue weighted by atomic mass is 16.2. The van der Waals surface area contributed by atoms with E-state index in [2.05, 4.69) is 23.0 Å². The first-order valence-electron chi connectivity index (χ1n) is 9.24. The first-order valence-corrected chi connectivity index (χ1v) is 9.24. The zero-order valence-corrected chi connectivity index (χ0v) is 14.4. The second kappa shape index (κ2) is 7.38. The van der Waals surface area contributed by atoms with Crippen LogP contribution in [0.25, 0.3) is 0 Å². The molecule has 0 aromatic heterocycles. The third kappa shape index (κ3) is 3.46. The smallest absolute Gasteiger partial charge is 0.246 e. The number of carbonyl (C=O) groups is 1. The fraction of sp³-hybridized carbons (Fsp3) is 0.381. The molecule has 4 rings (SSSR count). The average Bonchev–Trinajstić information content (AvgIpc) is 3.11. The van der Waals surface area contributed by atoms with E-state index >= 15 is 0 Å². The molecule has 1 aliphatic heterocycles. The summed E-state index contributed by atoms with van der Waals surface area (Å²) in [6, 6.07) is 20.5. The highest BCUT2D eigenvalue weighted by Gasteiger charge is 2.42. The van der Waals surface area contributed by atoms with E-state index in [1.165, 1.54) is 12.8 Å². The molecule has 2 N–H and O–H groups in total. The molecule has 1 heterocycles. The highest BCUT2D eigenvalue weighted by Crippen LogP contribution is 2.32. The Balaban J connectivity index is 1.60. The quantitative estimate of drug-likeness (QED) is 0.901. The molecule has 1 aliphatic carbocycles. The first kappa shape index (κ1) is 16.3. The van der Waals surface area contributed by atoms with Gasteiger partial charge in [-0.1, -0.05) is 61.4 Å². The Bertz CT molecular complexity index is 704. The summed E-state index contributed by atoms with van der Waals surface area (Å²) in [6.07, 6.45) is 4.75. The van der Waals surface area contributed by atoms with E-state index < -0.39 is 0 Å². The normalized spacial score (nSPS) is 25.4. The Kier molecular flexibility index (Phi) is 4.81. The zero-order chi connectivity index (χ0) is 17.1. The number of carbonyl (C=O) groups excluding carboxylic acids is 1. The summed E-state index contributed by atoms with van der Waals surface area (Å²) in [7, 11) is 0. The highest BCUT2D eigenvalue weighted by molar-refractivity contribution is 5.97. The van der Waals surface area contributed by atoms with Crippen molar-refractivity contribution in [2.45, 2.75) is 44.3 Å². The minimum absolute atomic E-state index is 0.144. The van der Waals surface area contributed by atoms with Gasteiger partial charge in [0.15, 0.2) is 0 Å². The number of nitrogens with one attached hydrogen (secondary N) is 2. The molecule has 0 spiro atoms. The van der Waals surface area contributed by atoms with Gasteiger partial charge < -0.3 is 4.90 Å². The van der Waals surface area contributed by atoms with Crippen molar-refractivity contribution in [1.29, 1.82) is 0 Å². The number of fused-ring (bicyclic) bond motifs is 1. The van der Waals surface area contributed by atoms with Crippen molar-refractivity contribution in [1.82, 2.24) is 10.9 Å². The van der Waals surface area contributed by atoms with Crippen molar-refractivity contribution < 1.29 is 4.79 Å². The number of anilines is 1. The molecular weight excluding hydrogens is 310 g/mol. The van der Waals surface area contributed by atoms with Gasteiger partial charge in [-0.25, -0.2) is 5.43 Å². The van der Waals surface area contributed by atoms with Crippen LogP contribution in [-0.2, 0) is 11.3 Å². The number of nitrogens with zero attached hydrogens (tertiary/aromatic N) is 1.